The van der Waals surface area contributed by atoms with E-state index in [1.807, 2.05) is 13.8 Å². The molecule has 0 aromatic heterocycles. The summed E-state index contributed by atoms with van der Waals surface area (Å²) in [5.41, 5.74) is 0. The fraction of sp³-hybridized carbons (Fsp3) is 0.889. The maximum Gasteiger partial charge on any atom is 0.191 e. The highest BCUT2D eigenvalue weighted by atomic mass is 127. The van der Waals surface area contributed by atoms with Crippen molar-refractivity contribution in [3.8, 4) is 0 Å². The Bertz CT molecular complexity index is 330. The number of guanidine groups is 1. The molecule has 2 N–H and O–H groups in total. The van der Waals surface area contributed by atoms with E-state index < -0.39 is 9.84 Å². The van der Waals surface area contributed by atoms with Gasteiger partial charge in [0.1, 0.15) is 0 Å². The van der Waals surface area contributed by atoms with Gasteiger partial charge in [0.05, 0.1) is 11.5 Å². The highest BCUT2D eigenvalue weighted by Gasteiger charge is 2.28. The van der Waals surface area contributed by atoms with Gasteiger partial charge in [-0.2, -0.15) is 0 Å². The second-order valence-electron chi connectivity index (χ2n) is 3.60. The number of sulfone groups is 1. The summed E-state index contributed by atoms with van der Waals surface area (Å²) in [7, 11) is -2.82. The van der Waals surface area contributed by atoms with Crippen LogP contribution in [0.4, 0.5) is 0 Å². The van der Waals surface area contributed by atoms with Crippen LogP contribution in [0.5, 0.6) is 0 Å². The SMILES string of the molecule is CCN=C(NCC)NC1CCS(=O)(=O)C1.I. The van der Waals surface area contributed by atoms with E-state index in [0.717, 1.165) is 6.54 Å². The van der Waals surface area contributed by atoms with Crippen molar-refractivity contribution in [3.05, 3.63) is 0 Å². The highest BCUT2D eigenvalue weighted by molar-refractivity contribution is 14.0. The first-order valence-corrected chi connectivity index (χ1v) is 7.14. The maximum absolute atomic E-state index is 11.2. The smallest absolute Gasteiger partial charge is 0.191 e. The van der Waals surface area contributed by atoms with Gasteiger partial charge >= 0.3 is 0 Å². The third-order valence-electron chi connectivity index (χ3n) is 2.23. The van der Waals surface area contributed by atoms with E-state index in [4.69, 9.17) is 0 Å². The Morgan fingerprint density at radius 1 is 1.44 bits per heavy atom. The zero-order valence-corrected chi connectivity index (χ0v) is 12.8. The zero-order chi connectivity index (χ0) is 11.3. The summed E-state index contributed by atoms with van der Waals surface area (Å²) in [4.78, 5) is 4.22. The summed E-state index contributed by atoms with van der Waals surface area (Å²) in [6, 6.07) is 0.0133. The minimum Gasteiger partial charge on any atom is -0.357 e. The molecule has 7 heteroatoms. The van der Waals surface area contributed by atoms with E-state index in [1.165, 1.54) is 0 Å². The molecule has 16 heavy (non-hydrogen) atoms. The lowest BCUT2D eigenvalue weighted by Crippen LogP contribution is -2.44. The van der Waals surface area contributed by atoms with Gasteiger partial charge in [0.25, 0.3) is 0 Å². The number of nitrogens with zero attached hydrogens (tertiary/aromatic N) is 1. The average molecular weight is 361 g/mol. The van der Waals surface area contributed by atoms with Crippen molar-refractivity contribution in [1.82, 2.24) is 10.6 Å². The van der Waals surface area contributed by atoms with Gasteiger partial charge in [0.2, 0.25) is 0 Å². The summed E-state index contributed by atoms with van der Waals surface area (Å²) in [5, 5.41) is 6.21. The molecule has 1 aliphatic rings. The molecule has 1 heterocycles. The van der Waals surface area contributed by atoms with E-state index in [9.17, 15) is 8.42 Å². The second kappa shape index (κ2) is 7.31. The lowest BCUT2D eigenvalue weighted by atomic mass is 10.3. The maximum atomic E-state index is 11.2. The number of hydrogen-bond donors (Lipinski definition) is 2. The molecule has 0 saturated carbocycles. The van der Waals surface area contributed by atoms with Gasteiger partial charge in [-0.1, -0.05) is 0 Å². The lowest BCUT2D eigenvalue weighted by Gasteiger charge is -2.15. The second-order valence-corrected chi connectivity index (χ2v) is 5.83. The highest BCUT2D eigenvalue weighted by Crippen LogP contribution is 2.10. The van der Waals surface area contributed by atoms with Crippen LogP contribution in [0.15, 0.2) is 4.99 Å². The number of rotatable bonds is 3. The molecule has 0 aliphatic carbocycles. The topological polar surface area (TPSA) is 70.6 Å². The van der Waals surface area contributed by atoms with E-state index in [-0.39, 0.29) is 41.5 Å². The first-order valence-electron chi connectivity index (χ1n) is 5.32. The lowest BCUT2D eigenvalue weighted by molar-refractivity contribution is 0.599. The van der Waals surface area contributed by atoms with Crippen LogP contribution >= 0.6 is 24.0 Å². The number of halogens is 1. The predicted molar refractivity (Wildman–Crippen MR) is 77.3 cm³/mol. The minimum atomic E-state index is -2.82. The molecule has 0 spiro atoms. The fourth-order valence-corrected chi connectivity index (χ4v) is 3.25. The molecule has 96 valence electrons. The van der Waals surface area contributed by atoms with Crippen molar-refractivity contribution >= 4 is 39.8 Å². The molecule has 0 radical (unpaired) electrons. The average Bonchev–Trinajstić information content (AvgIpc) is 2.46. The molecule has 1 fully saturated rings. The van der Waals surface area contributed by atoms with Crippen molar-refractivity contribution < 1.29 is 8.42 Å². The van der Waals surface area contributed by atoms with Gasteiger partial charge < -0.3 is 10.6 Å². The molecular formula is C9H20IN3O2S. The van der Waals surface area contributed by atoms with Gasteiger partial charge in [0.15, 0.2) is 15.8 Å². The summed E-state index contributed by atoms with van der Waals surface area (Å²) >= 11 is 0. The van der Waals surface area contributed by atoms with Crippen LogP contribution in [0, 0.1) is 0 Å². The Balaban J connectivity index is 0.00000225. The quantitative estimate of drug-likeness (QED) is 0.433. The molecule has 0 aromatic rings. The fourth-order valence-electron chi connectivity index (χ4n) is 1.58. The first kappa shape index (κ1) is 16.0. The Morgan fingerprint density at radius 3 is 2.56 bits per heavy atom. The Labute approximate surface area is 114 Å². The molecule has 0 amide bonds. The van der Waals surface area contributed by atoms with E-state index in [1.54, 1.807) is 0 Å². The Hall–Kier alpha value is -0.0500. The van der Waals surface area contributed by atoms with E-state index in [2.05, 4.69) is 15.6 Å². The van der Waals surface area contributed by atoms with Crippen LogP contribution in [0.2, 0.25) is 0 Å². The summed E-state index contributed by atoms with van der Waals surface area (Å²) in [5.74, 6) is 1.22. The Morgan fingerprint density at radius 2 is 2.12 bits per heavy atom. The molecule has 1 unspecified atom stereocenters. The molecule has 1 atom stereocenters. The van der Waals surface area contributed by atoms with Crippen LogP contribution in [0.1, 0.15) is 20.3 Å². The molecular weight excluding hydrogens is 341 g/mol. The van der Waals surface area contributed by atoms with Gasteiger partial charge in [-0.05, 0) is 20.3 Å². The molecule has 1 aliphatic heterocycles. The van der Waals surface area contributed by atoms with E-state index >= 15 is 0 Å². The number of aliphatic imine (C=N–C) groups is 1. The van der Waals surface area contributed by atoms with Gasteiger partial charge in [-0.25, -0.2) is 8.42 Å². The standard InChI is InChI=1S/C9H19N3O2S.HI/c1-3-10-9(11-4-2)12-8-5-6-15(13,14)7-8;/h8H,3-7H2,1-2H3,(H2,10,11,12);1H. The first-order chi connectivity index (χ1) is 7.07. The van der Waals surface area contributed by atoms with Gasteiger partial charge in [0, 0.05) is 19.1 Å². The van der Waals surface area contributed by atoms with Crippen molar-refractivity contribution in [2.45, 2.75) is 26.3 Å². The largest absolute Gasteiger partial charge is 0.357 e. The van der Waals surface area contributed by atoms with Crippen LogP contribution in [-0.2, 0) is 9.84 Å². The Kier molecular flexibility index (Phi) is 7.29. The normalized spacial score (nSPS) is 23.6. The molecule has 0 bridgehead atoms. The van der Waals surface area contributed by atoms with Crippen LogP contribution in [-0.4, -0.2) is 45.0 Å². The van der Waals surface area contributed by atoms with Gasteiger partial charge in [-0.15, -0.1) is 24.0 Å². The van der Waals surface area contributed by atoms with Gasteiger partial charge in [-0.3, -0.25) is 4.99 Å². The predicted octanol–water partition coefficient (Wildman–Crippen LogP) is 0.367. The van der Waals surface area contributed by atoms with Crippen molar-refractivity contribution in [3.63, 3.8) is 0 Å². The van der Waals surface area contributed by atoms with Crippen LogP contribution in [0.25, 0.3) is 0 Å². The zero-order valence-electron chi connectivity index (χ0n) is 9.69. The van der Waals surface area contributed by atoms with E-state index in [0.29, 0.717) is 18.9 Å². The number of nitrogens with one attached hydrogen (secondary N) is 2. The molecule has 5 nitrogen and oxygen atoms in total. The molecule has 0 aromatic carbocycles. The molecule has 1 saturated heterocycles. The summed E-state index contributed by atoms with van der Waals surface area (Å²) in [6.07, 6.45) is 0.677. The molecule has 1 rings (SSSR count). The number of hydrogen-bond acceptors (Lipinski definition) is 3. The monoisotopic (exact) mass is 361 g/mol. The summed E-state index contributed by atoms with van der Waals surface area (Å²) < 4.78 is 22.5. The van der Waals surface area contributed by atoms with Crippen molar-refractivity contribution in [2.75, 3.05) is 24.6 Å². The van der Waals surface area contributed by atoms with Crippen LogP contribution in [0.3, 0.4) is 0 Å². The third-order valence-corrected chi connectivity index (χ3v) is 4.00. The van der Waals surface area contributed by atoms with Crippen LogP contribution < -0.4 is 10.6 Å². The minimum absolute atomic E-state index is 0. The third kappa shape index (κ3) is 5.33. The van der Waals surface area contributed by atoms with Crippen molar-refractivity contribution in [2.24, 2.45) is 4.99 Å². The summed E-state index contributed by atoms with van der Waals surface area (Å²) in [6.45, 7) is 5.41. The van der Waals surface area contributed by atoms with Crippen molar-refractivity contribution in [1.29, 1.82) is 0 Å².